The third kappa shape index (κ3) is 4.23. The Hall–Kier alpha value is -2.54. The normalized spacial score (nSPS) is 10.2. The zero-order valence-corrected chi connectivity index (χ0v) is 13.6. The maximum absolute atomic E-state index is 12.3. The summed E-state index contributed by atoms with van der Waals surface area (Å²) in [6, 6.07) is 11.3. The van der Waals surface area contributed by atoms with Crippen molar-refractivity contribution in [3.8, 4) is 5.75 Å². The van der Waals surface area contributed by atoms with Gasteiger partial charge in [0.05, 0.1) is 17.7 Å². The van der Waals surface area contributed by atoms with E-state index in [1.54, 1.807) is 23.9 Å². The van der Waals surface area contributed by atoms with Gasteiger partial charge >= 0.3 is 0 Å². The number of non-ortho nitro benzene ring substituents is 1. The Labute approximate surface area is 138 Å². The maximum Gasteiger partial charge on any atom is 0.271 e. The molecule has 120 valence electrons. The number of carbonyl (C=O) groups excluding carboxylic acids is 1. The van der Waals surface area contributed by atoms with Gasteiger partial charge in [0.25, 0.3) is 11.6 Å². The number of thioether (sulfide) groups is 1. The Morgan fingerprint density at radius 2 is 1.96 bits per heavy atom. The molecule has 0 bridgehead atoms. The summed E-state index contributed by atoms with van der Waals surface area (Å²) >= 11 is 1.70. The maximum atomic E-state index is 12.3. The number of nitrogens with zero attached hydrogens (tertiary/aromatic N) is 1. The Morgan fingerprint density at radius 3 is 2.52 bits per heavy atom. The molecule has 2 aromatic rings. The quantitative estimate of drug-likeness (QED) is 0.644. The summed E-state index contributed by atoms with van der Waals surface area (Å²) in [5.74, 6) is 0.892. The van der Waals surface area contributed by atoms with Crippen LogP contribution in [0.15, 0.2) is 42.5 Å². The minimum absolute atomic E-state index is 0.114. The topological polar surface area (TPSA) is 81.5 Å². The van der Waals surface area contributed by atoms with Crippen LogP contribution in [0.5, 0.6) is 5.75 Å². The smallest absolute Gasteiger partial charge is 0.271 e. The van der Waals surface area contributed by atoms with Crippen LogP contribution in [0.4, 0.5) is 11.4 Å². The predicted octanol–water partition coefficient (Wildman–Crippen LogP) is 3.72. The zero-order valence-electron chi connectivity index (χ0n) is 12.7. The van der Waals surface area contributed by atoms with Crippen LogP contribution in [0.2, 0.25) is 0 Å². The lowest BCUT2D eigenvalue weighted by Gasteiger charge is -2.10. The number of rotatable bonds is 6. The van der Waals surface area contributed by atoms with Gasteiger partial charge in [-0.25, -0.2) is 0 Å². The fraction of sp³-hybridized carbons (Fsp3) is 0.188. The van der Waals surface area contributed by atoms with E-state index in [-0.39, 0.29) is 17.3 Å². The molecule has 0 aliphatic rings. The van der Waals surface area contributed by atoms with Crippen molar-refractivity contribution >= 4 is 29.0 Å². The van der Waals surface area contributed by atoms with Crippen LogP contribution in [0, 0.1) is 10.1 Å². The first-order chi connectivity index (χ1) is 11.0. The van der Waals surface area contributed by atoms with Crippen molar-refractivity contribution in [1.29, 1.82) is 0 Å². The molecule has 2 rings (SSSR count). The molecule has 2 aromatic carbocycles. The number of benzene rings is 2. The molecule has 1 N–H and O–H groups in total. The number of nitrogens with one attached hydrogen (secondary N) is 1. The number of nitro benzene ring substituents is 1. The molecule has 0 aliphatic heterocycles. The first-order valence-corrected chi connectivity index (χ1v) is 8.16. The van der Waals surface area contributed by atoms with Gasteiger partial charge in [0.15, 0.2) is 0 Å². The van der Waals surface area contributed by atoms with Crippen LogP contribution in [-0.2, 0) is 5.75 Å². The fourth-order valence-electron chi connectivity index (χ4n) is 2.02. The average molecular weight is 332 g/mol. The van der Waals surface area contributed by atoms with Crippen molar-refractivity contribution < 1.29 is 14.5 Å². The van der Waals surface area contributed by atoms with E-state index in [0.717, 1.165) is 11.3 Å². The monoisotopic (exact) mass is 332 g/mol. The van der Waals surface area contributed by atoms with E-state index in [1.807, 2.05) is 18.4 Å². The summed E-state index contributed by atoms with van der Waals surface area (Å²) < 4.78 is 5.13. The summed E-state index contributed by atoms with van der Waals surface area (Å²) in [5, 5.41) is 13.5. The third-order valence-corrected chi connectivity index (χ3v) is 3.79. The molecular weight excluding hydrogens is 316 g/mol. The molecule has 0 radical (unpaired) electrons. The Kier molecular flexibility index (Phi) is 5.59. The van der Waals surface area contributed by atoms with E-state index in [4.69, 9.17) is 4.74 Å². The second-order valence-electron chi connectivity index (χ2n) is 4.73. The molecule has 0 saturated carbocycles. The first kappa shape index (κ1) is 16.8. The van der Waals surface area contributed by atoms with Crippen molar-refractivity contribution in [2.75, 3.05) is 18.7 Å². The summed E-state index contributed by atoms with van der Waals surface area (Å²) in [4.78, 5) is 22.6. The van der Waals surface area contributed by atoms with Crippen LogP contribution in [-0.4, -0.2) is 24.2 Å². The van der Waals surface area contributed by atoms with Gasteiger partial charge in [-0.3, -0.25) is 14.9 Å². The van der Waals surface area contributed by atoms with Gasteiger partial charge < -0.3 is 10.1 Å². The highest BCUT2D eigenvalue weighted by Crippen LogP contribution is 2.29. The summed E-state index contributed by atoms with van der Waals surface area (Å²) in [7, 11) is 1.44. The van der Waals surface area contributed by atoms with Gasteiger partial charge in [0.1, 0.15) is 5.75 Å². The molecule has 0 aromatic heterocycles. The summed E-state index contributed by atoms with van der Waals surface area (Å²) in [6.07, 6.45) is 2.01. The average Bonchev–Trinajstić information content (AvgIpc) is 2.55. The van der Waals surface area contributed by atoms with Gasteiger partial charge in [-0.1, -0.05) is 12.1 Å². The van der Waals surface area contributed by atoms with Crippen molar-refractivity contribution in [3.05, 3.63) is 63.7 Å². The van der Waals surface area contributed by atoms with E-state index in [1.165, 1.54) is 25.3 Å². The van der Waals surface area contributed by atoms with Crippen molar-refractivity contribution in [1.82, 2.24) is 0 Å². The van der Waals surface area contributed by atoms with Gasteiger partial charge in [0.2, 0.25) is 0 Å². The number of amides is 1. The number of methoxy groups -OCH3 is 1. The molecule has 0 unspecified atom stereocenters. The molecular formula is C16H16N2O4S. The number of ether oxygens (including phenoxy) is 1. The highest BCUT2D eigenvalue weighted by Gasteiger charge is 2.14. The predicted molar refractivity (Wildman–Crippen MR) is 91.3 cm³/mol. The molecule has 0 spiro atoms. The highest BCUT2D eigenvalue weighted by atomic mass is 32.2. The third-order valence-electron chi connectivity index (χ3n) is 3.17. The number of carbonyl (C=O) groups is 1. The Balaban J connectivity index is 2.21. The largest absolute Gasteiger partial charge is 0.495 e. The van der Waals surface area contributed by atoms with Crippen molar-refractivity contribution in [2.24, 2.45) is 0 Å². The van der Waals surface area contributed by atoms with Crippen LogP contribution in [0.3, 0.4) is 0 Å². The molecule has 0 fully saturated rings. The van der Waals surface area contributed by atoms with Crippen LogP contribution in [0.25, 0.3) is 0 Å². The van der Waals surface area contributed by atoms with Gasteiger partial charge in [-0.15, -0.1) is 0 Å². The number of hydrogen-bond donors (Lipinski definition) is 1. The lowest BCUT2D eigenvalue weighted by Crippen LogP contribution is -2.12. The Bertz CT molecular complexity index is 717. The molecule has 7 heteroatoms. The van der Waals surface area contributed by atoms with E-state index in [9.17, 15) is 14.9 Å². The van der Waals surface area contributed by atoms with Crippen LogP contribution in [0.1, 0.15) is 15.9 Å². The molecule has 1 amide bonds. The van der Waals surface area contributed by atoms with E-state index in [0.29, 0.717) is 11.3 Å². The number of hydrogen-bond acceptors (Lipinski definition) is 5. The number of anilines is 1. The van der Waals surface area contributed by atoms with E-state index >= 15 is 0 Å². The minimum atomic E-state index is -0.522. The van der Waals surface area contributed by atoms with Crippen molar-refractivity contribution in [2.45, 2.75) is 5.75 Å². The lowest BCUT2D eigenvalue weighted by molar-refractivity contribution is -0.384. The molecule has 0 aliphatic carbocycles. The van der Waals surface area contributed by atoms with Crippen molar-refractivity contribution in [3.63, 3.8) is 0 Å². The molecule has 0 atom stereocenters. The number of nitro groups is 1. The second-order valence-corrected chi connectivity index (χ2v) is 5.59. The second kappa shape index (κ2) is 7.64. The highest BCUT2D eigenvalue weighted by molar-refractivity contribution is 7.97. The van der Waals surface area contributed by atoms with Gasteiger partial charge in [-0.05, 0) is 30.0 Å². The van der Waals surface area contributed by atoms with Crippen LogP contribution < -0.4 is 10.1 Å². The molecule has 0 heterocycles. The SMILES string of the molecule is COc1ccc([N+](=O)[O-])cc1NC(=O)c1ccc(CSC)cc1. The van der Waals surface area contributed by atoms with Gasteiger partial charge in [-0.2, -0.15) is 11.8 Å². The molecule has 23 heavy (non-hydrogen) atoms. The van der Waals surface area contributed by atoms with E-state index < -0.39 is 4.92 Å². The first-order valence-electron chi connectivity index (χ1n) is 6.77. The Morgan fingerprint density at radius 1 is 1.26 bits per heavy atom. The minimum Gasteiger partial charge on any atom is -0.495 e. The lowest BCUT2D eigenvalue weighted by atomic mass is 10.1. The zero-order chi connectivity index (χ0) is 16.8. The molecule has 6 nitrogen and oxygen atoms in total. The standard InChI is InChI=1S/C16H16N2O4S/c1-22-15-8-7-13(18(20)21)9-14(15)17-16(19)12-5-3-11(4-6-12)10-23-2/h3-9H,10H2,1-2H3,(H,17,19). The summed E-state index contributed by atoms with van der Waals surface area (Å²) in [5.41, 5.74) is 1.75. The fourth-order valence-corrected chi connectivity index (χ4v) is 2.55. The summed E-state index contributed by atoms with van der Waals surface area (Å²) in [6.45, 7) is 0. The van der Waals surface area contributed by atoms with Crippen LogP contribution >= 0.6 is 11.8 Å². The van der Waals surface area contributed by atoms with E-state index in [2.05, 4.69) is 5.32 Å². The molecule has 0 saturated heterocycles. The van der Waals surface area contributed by atoms with Gasteiger partial charge in [0, 0.05) is 23.4 Å².